The number of benzene rings is 1. The van der Waals surface area contributed by atoms with Crippen molar-refractivity contribution >= 4 is 15.9 Å². The van der Waals surface area contributed by atoms with Crippen LogP contribution in [0.5, 0.6) is 0 Å². The number of imidazole rings is 1. The van der Waals surface area contributed by atoms with Crippen LogP contribution in [0.3, 0.4) is 0 Å². The number of nitrogens with two attached hydrogens (primary N) is 1. The van der Waals surface area contributed by atoms with E-state index in [1.54, 1.807) is 0 Å². The molecule has 94 valence electrons. The summed E-state index contributed by atoms with van der Waals surface area (Å²) in [5.74, 6) is 1.03. The molecule has 0 saturated carbocycles. The fourth-order valence-corrected chi connectivity index (χ4v) is 3.33. The van der Waals surface area contributed by atoms with Crippen LogP contribution in [-0.4, -0.2) is 9.55 Å². The first-order chi connectivity index (χ1) is 8.68. The molecule has 0 fully saturated rings. The van der Waals surface area contributed by atoms with Gasteiger partial charge in [0.25, 0.3) is 0 Å². The van der Waals surface area contributed by atoms with Gasteiger partial charge in [-0.25, -0.2) is 4.98 Å². The summed E-state index contributed by atoms with van der Waals surface area (Å²) in [6.07, 6.45) is 2.16. The summed E-state index contributed by atoms with van der Waals surface area (Å²) in [6, 6.07) is 8.45. The van der Waals surface area contributed by atoms with Crippen molar-refractivity contribution in [3.63, 3.8) is 0 Å². The van der Waals surface area contributed by atoms with E-state index in [9.17, 15) is 0 Å². The van der Waals surface area contributed by atoms with Gasteiger partial charge in [-0.3, -0.25) is 0 Å². The van der Waals surface area contributed by atoms with E-state index in [1.807, 2.05) is 0 Å². The first-order valence-corrected chi connectivity index (χ1v) is 7.05. The van der Waals surface area contributed by atoms with Gasteiger partial charge in [0.05, 0.1) is 5.69 Å². The quantitative estimate of drug-likeness (QED) is 0.877. The topological polar surface area (TPSA) is 43.8 Å². The molecular formula is C14H16BrN3. The van der Waals surface area contributed by atoms with Crippen LogP contribution in [0, 0.1) is 6.92 Å². The van der Waals surface area contributed by atoms with Crippen LogP contribution in [0.25, 0.3) is 11.4 Å². The van der Waals surface area contributed by atoms with E-state index in [2.05, 4.69) is 56.7 Å². The van der Waals surface area contributed by atoms with Gasteiger partial charge in [-0.2, -0.15) is 0 Å². The number of nitrogens with zero attached hydrogens (tertiary/aromatic N) is 2. The minimum absolute atomic E-state index is 0.0957. The van der Waals surface area contributed by atoms with E-state index in [-0.39, 0.29) is 6.04 Å². The highest BCUT2D eigenvalue weighted by molar-refractivity contribution is 9.10. The normalized spacial score (nSPS) is 18.7. The Kier molecular flexibility index (Phi) is 2.99. The molecule has 3 rings (SSSR count). The minimum atomic E-state index is 0.0957. The lowest BCUT2D eigenvalue weighted by molar-refractivity contribution is 0.464. The first kappa shape index (κ1) is 11.9. The molecule has 18 heavy (non-hydrogen) atoms. The fourth-order valence-electron chi connectivity index (χ4n) is 2.65. The lowest BCUT2D eigenvalue weighted by atomic mass is 10.0. The summed E-state index contributed by atoms with van der Waals surface area (Å²) in [5, 5.41) is 0. The number of hydrogen-bond acceptors (Lipinski definition) is 2. The van der Waals surface area contributed by atoms with E-state index in [4.69, 9.17) is 5.73 Å². The maximum Gasteiger partial charge on any atom is 0.141 e. The van der Waals surface area contributed by atoms with Gasteiger partial charge in [0, 0.05) is 18.2 Å². The second-order valence-corrected chi connectivity index (χ2v) is 5.58. The van der Waals surface area contributed by atoms with Gasteiger partial charge >= 0.3 is 0 Å². The minimum Gasteiger partial charge on any atom is -0.326 e. The second-order valence-electron chi connectivity index (χ2n) is 4.83. The van der Waals surface area contributed by atoms with Crippen molar-refractivity contribution in [3.05, 3.63) is 40.1 Å². The van der Waals surface area contributed by atoms with Crippen molar-refractivity contribution in [1.82, 2.24) is 9.55 Å². The van der Waals surface area contributed by atoms with Crippen LogP contribution in [0.2, 0.25) is 0 Å². The standard InChI is InChI=1S/C14H16BrN3/c1-9-5-2-3-6-10(9)14-17-13(15)12-11(16)7-4-8-18(12)14/h2-3,5-6,11H,4,7-8,16H2,1H3. The van der Waals surface area contributed by atoms with Crippen molar-refractivity contribution in [2.24, 2.45) is 5.73 Å². The predicted molar refractivity (Wildman–Crippen MR) is 76.3 cm³/mol. The predicted octanol–water partition coefficient (Wildman–Crippen LogP) is 3.41. The molecule has 1 aromatic carbocycles. The largest absolute Gasteiger partial charge is 0.326 e. The maximum absolute atomic E-state index is 6.19. The Morgan fingerprint density at radius 2 is 2.17 bits per heavy atom. The highest BCUT2D eigenvalue weighted by Crippen LogP contribution is 2.35. The second kappa shape index (κ2) is 4.52. The van der Waals surface area contributed by atoms with Crippen LogP contribution >= 0.6 is 15.9 Å². The zero-order valence-electron chi connectivity index (χ0n) is 10.4. The Bertz CT molecular complexity index is 589. The number of aryl methyl sites for hydroxylation is 1. The molecule has 2 heterocycles. The molecule has 0 spiro atoms. The number of hydrogen-bond donors (Lipinski definition) is 1. The van der Waals surface area contributed by atoms with E-state index in [1.165, 1.54) is 11.1 Å². The Morgan fingerprint density at radius 3 is 2.94 bits per heavy atom. The van der Waals surface area contributed by atoms with Crippen molar-refractivity contribution in [1.29, 1.82) is 0 Å². The van der Waals surface area contributed by atoms with Crippen LogP contribution in [0.4, 0.5) is 0 Å². The van der Waals surface area contributed by atoms with Crippen LogP contribution < -0.4 is 5.73 Å². The monoisotopic (exact) mass is 305 g/mol. The molecular weight excluding hydrogens is 290 g/mol. The highest BCUT2D eigenvalue weighted by atomic mass is 79.9. The first-order valence-electron chi connectivity index (χ1n) is 6.26. The Labute approximate surface area is 115 Å². The molecule has 4 heteroatoms. The van der Waals surface area contributed by atoms with Crippen LogP contribution in [-0.2, 0) is 6.54 Å². The Morgan fingerprint density at radius 1 is 1.39 bits per heavy atom. The summed E-state index contributed by atoms with van der Waals surface area (Å²) in [4.78, 5) is 4.67. The molecule has 2 N–H and O–H groups in total. The van der Waals surface area contributed by atoms with Crippen LogP contribution in [0.15, 0.2) is 28.9 Å². The summed E-state index contributed by atoms with van der Waals surface area (Å²) in [6.45, 7) is 3.12. The molecule has 1 unspecified atom stereocenters. The Hall–Kier alpha value is -1.13. The van der Waals surface area contributed by atoms with Gasteiger partial charge in [0.15, 0.2) is 0 Å². The summed E-state index contributed by atoms with van der Waals surface area (Å²) < 4.78 is 3.16. The third-order valence-corrected chi connectivity index (χ3v) is 4.18. The number of fused-ring (bicyclic) bond motifs is 1. The van der Waals surface area contributed by atoms with Crippen LogP contribution in [0.1, 0.15) is 30.1 Å². The summed E-state index contributed by atoms with van der Waals surface area (Å²) in [5.41, 5.74) is 9.76. The summed E-state index contributed by atoms with van der Waals surface area (Å²) >= 11 is 3.55. The van der Waals surface area contributed by atoms with E-state index < -0.39 is 0 Å². The van der Waals surface area contributed by atoms with Gasteiger partial charge in [-0.05, 0) is 41.3 Å². The van der Waals surface area contributed by atoms with E-state index in [0.717, 1.165) is 35.5 Å². The number of aromatic nitrogens is 2. The maximum atomic E-state index is 6.19. The van der Waals surface area contributed by atoms with Crippen molar-refractivity contribution in [2.75, 3.05) is 0 Å². The van der Waals surface area contributed by atoms with Gasteiger partial charge in [-0.1, -0.05) is 24.3 Å². The molecule has 0 radical (unpaired) electrons. The molecule has 2 aromatic rings. The number of halogens is 1. The molecule has 0 aliphatic carbocycles. The molecule has 1 aromatic heterocycles. The highest BCUT2D eigenvalue weighted by Gasteiger charge is 2.25. The third-order valence-electron chi connectivity index (χ3n) is 3.60. The zero-order valence-corrected chi connectivity index (χ0v) is 11.9. The molecule has 0 bridgehead atoms. The average molecular weight is 306 g/mol. The van der Waals surface area contributed by atoms with Gasteiger partial charge in [0.2, 0.25) is 0 Å². The van der Waals surface area contributed by atoms with Crippen molar-refractivity contribution < 1.29 is 0 Å². The molecule has 1 atom stereocenters. The molecule has 1 aliphatic heterocycles. The lowest BCUT2D eigenvalue weighted by Crippen LogP contribution is -2.22. The lowest BCUT2D eigenvalue weighted by Gasteiger charge is -2.22. The van der Waals surface area contributed by atoms with Crippen molar-refractivity contribution in [3.8, 4) is 11.4 Å². The molecule has 0 amide bonds. The average Bonchev–Trinajstić information content (AvgIpc) is 2.69. The van der Waals surface area contributed by atoms with E-state index >= 15 is 0 Å². The third kappa shape index (κ3) is 1.80. The molecule has 1 aliphatic rings. The van der Waals surface area contributed by atoms with E-state index in [0.29, 0.717) is 0 Å². The SMILES string of the molecule is Cc1ccccc1-c1nc(Br)c2n1CCCC2N. The Balaban J connectivity index is 2.20. The zero-order chi connectivity index (χ0) is 12.7. The molecule has 0 saturated heterocycles. The molecule has 3 nitrogen and oxygen atoms in total. The summed E-state index contributed by atoms with van der Waals surface area (Å²) in [7, 11) is 0. The van der Waals surface area contributed by atoms with Gasteiger partial charge < -0.3 is 10.3 Å². The fraction of sp³-hybridized carbons (Fsp3) is 0.357. The van der Waals surface area contributed by atoms with Crippen molar-refractivity contribution in [2.45, 2.75) is 32.4 Å². The van der Waals surface area contributed by atoms with Gasteiger partial charge in [-0.15, -0.1) is 0 Å². The van der Waals surface area contributed by atoms with Gasteiger partial charge in [0.1, 0.15) is 10.4 Å². The smallest absolute Gasteiger partial charge is 0.141 e. The number of rotatable bonds is 1.